The van der Waals surface area contributed by atoms with E-state index in [4.69, 9.17) is 0 Å². The van der Waals surface area contributed by atoms with Gasteiger partial charge in [0.25, 0.3) is 0 Å². The average Bonchev–Trinajstić information content (AvgIpc) is 3.42. The van der Waals surface area contributed by atoms with Crippen LogP contribution in [0.15, 0.2) is 84.9 Å². The first-order chi connectivity index (χ1) is 16.3. The maximum Gasteiger partial charge on any atom is 2.00 e. The molecule has 2 aliphatic carbocycles. The summed E-state index contributed by atoms with van der Waals surface area (Å²) in [6, 6.07) is 30.5. The zero-order valence-electron chi connectivity index (χ0n) is 20.0. The zero-order valence-corrected chi connectivity index (χ0v) is 23.9. The third-order valence-corrected chi connectivity index (χ3v) is 7.81. The van der Waals surface area contributed by atoms with Gasteiger partial charge in [-0.3, -0.25) is 0 Å². The molecule has 0 bridgehead atoms. The van der Waals surface area contributed by atoms with Crippen LogP contribution in [0.3, 0.4) is 0 Å². The Morgan fingerprint density at radius 1 is 0.528 bits per heavy atom. The quantitative estimate of drug-likeness (QED) is 0.283. The fraction of sp³-hybridized carbons (Fsp3) is 0.226. The van der Waals surface area contributed by atoms with E-state index >= 15 is 0 Å². The van der Waals surface area contributed by atoms with Crippen molar-refractivity contribution in [2.75, 3.05) is 13.2 Å². The number of halogens is 2. The molecule has 4 aromatic carbocycles. The molecule has 36 heavy (non-hydrogen) atoms. The summed E-state index contributed by atoms with van der Waals surface area (Å²) in [5, 5.41) is 20.6. The number of hydrogen-bond acceptors (Lipinski definition) is 2. The second-order valence-electron chi connectivity index (χ2n) is 9.36. The minimum Gasteiger partial charge on any atom is -1.00 e. The second-order valence-corrected chi connectivity index (χ2v) is 9.36. The van der Waals surface area contributed by atoms with E-state index in [2.05, 4.69) is 84.9 Å². The maximum atomic E-state index is 10.3. The molecule has 0 spiro atoms. The van der Waals surface area contributed by atoms with Gasteiger partial charge in [-0.15, -0.1) is 0 Å². The summed E-state index contributed by atoms with van der Waals surface area (Å²) in [6.45, 7) is 0.153. The molecule has 0 radical (unpaired) electrons. The number of fused-ring (bicyclic) bond motifs is 6. The molecule has 6 rings (SSSR count). The van der Waals surface area contributed by atoms with Crippen molar-refractivity contribution in [3.8, 4) is 22.3 Å². The van der Waals surface area contributed by atoms with E-state index in [1.54, 1.807) is 0 Å². The number of aliphatic hydroxyl groups is 2. The fourth-order valence-corrected chi connectivity index (χ4v) is 6.40. The Kier molecular flexibility index (Phi) is 9.42. The molecule has 0 fully saturated rings. The van der Waals surface area contributed by atoms with Gasteiger partial charge in [-0.2, -0.15) is 0 Å². The Bertz CT molecular complexity index is 1260. The van der Waals surface area contributed by atoms with Gasteiger partial charge in [0.05, 0.1) is 0 Å². The first-order valence-electron chi connectivity index (χ1n) is 11.9. The molecular weight excluding hydrogens is 566 g/mol. The van der Waals surface area contributed by atoms with Gasteiger partial charge in [0.2, 0.25) is 0 Å². The second kappa shape index (κ2) is 11.8. The fourth-order valence-electron chi connectivity index (χ4n) is 6.40. The number of hydrogen-bond donors (Lipinski definition) is 2. The number of aliphatic hydroxyl groups excluding tert-OH is 2. The minimum absolute atomic E-state index is 0. The summed E-state index contributed by atoms with van der Waals surface area (Å²) < 4.78 is 0. The van der Waals surface area contributed by atoms with Crippen molar-refractivity contribution in [1.82, 2.24) is 0 Å². The van der Waals surface area contributed by atoms with Gasteiger partial charge < -0.3 is 35.0 Å². The van der Waals surface area contributed by atoms with E-state index in [1.165, 1.54) is 55.6 Å². The van der Waals surface area contributed by atoms with Gasteiger partial charge in [0.1, 0.15) is 0 Å². The molecule has 5 heteroatoms. The maximum absolute atomic E-state index is 10.3. The van der Waals surface area contributed by atoms with Crippen molar-refractivity contribution in [2.24, 2.45) is 0 Å². The Labute approximate surface area is 244 Å². The van der Waals surface area contributed by atoms with Gasteiger partial charge in [-0.25, -0.2) is 0 Å². The molecule has 182 valence electrons. The first kappa shape index (κ1) is 28.8. The summed E-state index contributed by atoms with van der Waals surface area (Å²) >= 11 is 0. The molecule has 2 nitrogen and oxygen atoms in total. The van der Waals surface area contributed by atoms with Gasteiger partial charge in [-0.1, -0.05) is 84.9 Å². The summed E-state index contributed by atoms with van der Waals surface area (Å²) in [5.74, 6) is 0. The first-order valence-corrected chi connectivity index (χ1v) is 11.9. The summed E-state index contributed by atoms with van der Waals surface area (Å²) in [7, 11) is 0. The Morgan fingerprint density at radius 3 is 1.33 bits per heavy atom. The van der Waals surface area contributed by atoms with Crippen LogP contribution in [-0.2, 0) is 44.5 Å². The Balaban J connectivity index is 0.00000120. The van der Waals surface area contributed by atoms with Crippen LogP contribution in [0.5, 0.6) is 0 Å². The molecule has 4 aromatic rings. The van der Waals surface area contributed by atoms with Gasteiger partial charge in [-0.05, 0) is 81.3 Å². The normalized spacial score (nSPS) is 12.3. The van der Waals surface area contributed by atoms with Crippen molar-refractivity contribution in [3.63, 3.8) is 0 Å². The van der Waals surface area contributed by atoms with Crippen LogP contribution >= 0.6 is 0 Å². The summed E-state index contributed by atoms with van der Waals surface area (Å²) in [6.07, 6.45) is 2.98. The molecule has 0 atom stereocenters. The molecule has 2 N–H and O–H groups in total. The van der Waals surface area contributed by atoms with Gasteiger partial charge in [0, 0.05) is 18.6 Å². The van der Waals surface area contributed by atoms with E-state index in [9.17, 15) is 10.2 Å². The SMILES string of the molecule is OCCC(CCO)(c1cccc2c1Cc1ccccc1-2)c1cccc2c1Cc1ccccc1-2.[Cl-].[Cl-].[Zr+2]. The van der Waals surface area contributed by atoms with Crippen LogP contribution in [0.1, 0.15) is 46.2 Å². The average molecular weight is 595 g/mol. The third kappa shape index (κ3) is 4.44. The molecule has 0 amide bonds. The largest absolute Gasteiger partial charge is 2.00 e. The Morgan fingerprint density at radius 2 is 0.917 bits per heavy atom. The van der Waals surface area contributed by atoms with E-state index in [-0.39, 0.29) is 64.2 Å². The molecule has 0 heterocycles. The van der Waals surface area contributed by atoms with Gasteiger partial charge in [0.15, 0.2) is 0 Å². The topological polar surface area (TPSA) is 40.5 Å². The molecular formula is C31H28Cl2O2Zr. The van der Waals surface area contributed by atoms with Crippen molar-refractivity contribution < 1.29 is 61.2 Å². The monoisotopic (exact) mass is 592 g/mol. The molecule has 2 aliphatic rings. The standard InChI is InChI=1S/C31H28O2.2ClH.Zr/c32-17-15-31(16-18-33,29-13-5-11-25-23-9-3-1-7-21(23)19-27(25)29)30-14-6-12-26-24-10-4-2-8-22(24)20-28(26)30;;;/h1-14,32-33H,15-20H2;2*1H;/q;;;+2/p-2. The van der Waals surface area contributed by atoms with Crippen LogP contribution < -0.4 is 24.8 Å². The van der Waals surface area contributed by atoms with Crippen LogP contribution in [0, 0.1) is 0 Å². The zero-order chi connectivity index (χ0) is 22.4. The van der Waals surface area contributed by atoms with Crippen LogP contribution in [-0.4, -0.2) is 23.4 Å². The number of rotatable bonds is 6. The molecule has 0 unspecified atom stereocenters. The molecule has 0 saturated carbocycles. The minimum atomic E-state index is -0.440. The number of benzene rings is 4. The van der Waals surface area contributed by atoms with E-state index in [0.717, 1.165) is 12.8 Å². The van der Waals surface area contributed by atoms with Gasteiger partial charge >= 0.3 is 26.2 Å². The summed E-state index contributed by atoms with van der Waals surface area (Å²) in [4.78, 5) is 0. The van der Waals surface area contributed by atoms with Crippen LogP contribution in [0.2, 0.25) is 0 Å². The molecule has 0 saturated heterocycles. The van der Waals surface area contributed by atoms with Crippen LogP contribution in [0.25, 0.3) is 22.3 Å². The van der Waals surface area contributed by atoms with Crippen molar-refractivity contribution >= 4 is 0 Å². The third-order valence-electron chi connectivity index (χ3n) is 7.81. The van der Waals surface area contributed by atoms with Crippen LogP contribution in [0.4, 0.5) is 0 Å². The summed E-state index contributed by atoms with van der Waals surface area (Å²) in [5.41, 5.74) is 12.7. The molecule has 0 aromatic heterocycles. The predicted octanol–water partition coefficient (Wildman–Crippen LogP) is -0.115. The van der Waals surface area contributed by atoms with E-state index < -0.39 is 5.41 Å². The molecule has 0 aliphatic heterocycles. The van der Waals surface area contributed by atoms with E-state index in [0.29, 0.717) is 12.8 Å². The smallest absolute Gasteiger partial charge is 1.00 e. The predicted molar refractivity (Wildman–Crippen MR) is 134 cm³/mol. The van der Waals surface area contributed by atoms with Crippen molar-refractivity contribution in [3.05, 3.63) is 118 Å². The van der Waals surface area contributed by atoms with E-state index in [1.807, 2.05) is 0 Å². The van der Waals surface area contributed by atoms with Crippen molar-refractivity contribution in [2.45, 2.75) is 31.1 Å². The van der Waals surface area contributed by atoms with Crippen molar-refractivity contribution in [1.29, 1.82) is 0 Å². The Hall–Kier alpha value is -1.74.